The Morgan fingerprint density at radius 3 is 2.71 bits per heavy atom. The fourth-order valence-electron chi connectivity index (χ4n) is 2.92. The summed E-state index contributed by atoms with van der Waals surface area (Å²) in [5.74, 6) is -0.262. The van der Waals surface area contributed by atoms with Gasteiger partial charge in [-0.15, -0.1) is 0 Å². The van der Waals surface area contributed by atoms with E-state index in [0.717, 1.165) is 10.0 Å². The minimum atomic E-state index is -0.317. The van der Waals surface area contributed by atoms with Gasteiger partial charge >= 0.3 is 0 Å². The molecule has 3 aromatic rings. The minimum Gasteiger partial charge on any atom is -0.396 e. The third-order valence-corrected chi connectivity index (χ3v) is 5.61. The molecule has 0 aliphatic carbocycles. The van der Waals surface area contributed by atoms with Gasteiger partial charge in [-0.1, -0.05) is 51.3 Å². The minimum absolute atomic E-state index is 0.0427. The van der Waals surface area contributed by atoms with Crippen LogP contribution in [0.5, 0.6) is 0 Å². The number of hydrogen-bond donors (Lipinski definition) is 2. The SMILES string of the molecule is Cc1c(C(=O)N[C@@H](CCO)c2cccc(Br)c2)cnn1-c1ccc(Cl)c(Cl)c1. The first-order valence-corrected chi connectivity index (χ1v) is 10.1. The van der Waals surface area contributed by atoms with Gasteiger partial charge < -0.3 is 10.4 Å². The summed E-state index contributed by atoms with van der Waals surface area (Å²) in [6, 6.07) is 12.5. The molecular weight excluding hydrogens is 465 g/mol. The van der Waals surface area contributed by atoms with Gasteiger partial charge in [0.15, 0.2) is 0 Å². The molecule has 0 fully saturated rings. The topological polar surface area (TPSA) is 67.2 Å². The van der Waals surface area contributed by atoms with Crippen molar-refractivity contribution in [3.63, 3.8) is 0 Å². The van der Waals surface area contributed by atoms with Crippen molar-refractivity contribution in [2.75, 3.05) is 6.61 Å². The molecule has 28 heavy (non-hydrogen) atoms. The molecule has 0 aliphatic heterocycles. The first-order chi connectivity index (χ1) is 13.4. The average Bonchev–Trinajstić information content (AvgIpc) is 3.05. The first-order valence-electron chi connectivity index (χ1n) is 8.58. The van der Waals surface area contributed by atoms with Crippen LogP contribution in [-0.4, -0.2) is 27.4 Å². The smallest absolute Gasteiger partial charge is 0.255 e. The van der Waals surface area contributed by atoms with Gasteiger partial charge in [0.2, 0.25) is 0 Å². The molecule has 146 valence electrons. The molecule has 0 radical (unpaired) electrons. The first kappa shape index (κ1) is 20.9. The summed E-state index contributed by atoms with van der Waals surface area (Å²) in [6.45, 7) is 1.77. The van der Waals surface area contributed by atoms with Crippen LogP contribution in [0.1, 0.15) is 34.1 Å². The van der Waals surface area contributed by atoms with Gasteiger partial charge in [0, 0.05) is 11.1 Å². The van der Waals surface area contributed by atoms with Crippen LogP contribution in [-0.2, 0) is 0 Å². The average molecular weight is 483 g/mol. The lowest BCUT2D eigenvalue weighted by molar-refractivity contribution is 0.0929. The van der Waals surface area contributed by atoms with Crippen molar-refractivity contribution < 1.29 is 9.90 Å². The Kier molecular flexibility index (Phi) is 6.78. The zero-order chi connectivity index (χ0) is 20.3. The summed E-state index contributed by atoms with van der Waals surface area (Å²) in [5, 5.41) is 17.6. The highest BCUT2D eigenvalue weighted by Gasteiger charge is 2.20. The maximum atomic E-state index is 12.9. The molecule has 1 aromatic heterocycles. The van der Waals surface area contributed by atoms with Crippen molar-refractivity contribution in [1.82, 2.24) is 15.1 Å². The van der Waals surface area contributed by atoms with Gasteiger partial charge in [-0.2, -0.15) is 5.10 Å². The number of halogens is 3. The lowest BCUT2D eigenvalue weighted by atomic mass is 10.0. The van der Waals surface area contributed by atoms with E-state index in [0.29, 0.717) is 33.4 Å². The number of aromatic nitrogens is 2. The Balaban J connectivity index is 1.85. The highest BCUT2D eigenvalue weighted by Crippen LogP contribution is 2.26. The van der Waals surface area contributed by atoms with Crippen LogP contribution in [0.3, 0.4) is 0 Å². The van der Waals surface area contributed by atoms with E-state index in [1.807, 2.05) is 31.2 Å². The number of carbonyl (C=O) groups excluding carboxylic acids is 1. The second-order valence-corrected chi connectivity index (χ2v) is 7.98. The fourth-order valence-corrected chi connectivity index (χ4v) is 3.63. The molecule has 0 bridgehead atoms. The summed E-state index contributed by atoms with van der Waals surface area (Å²) in [4.78, 5) is 12.9. The molecule has 0 unspecified atom stereocenters. The molecule has 0 saturated heterocycles. The van der Waals surface area contributed by atoms with E-state index in [1.54, 1.807) is 22.9 Å². The maximum absolute atomic E-state index is 12.9. The molecule has 2 aromatic carbocycles. The van der Waals surface area contributed by atoms with Crippen LogP contribution in [0, 0.1) is 6.92 Å². The van der Waals surface area contributed by atoms with E-state index in [2.05, 4.69) is 26.3 Å². The summed E-state index contributed by atoms with van der Waals surface area (Å²) in [7, 11) is 0. The van der Waals surface area contributed by atoms with E-state index < -0.39 is 0 Å². The highest BCUT2D eigenvalue weighted by molar-refractivity contribution is 9.10. The van der Waals surface area contributed by atoms with Gasteiger partial charge in [-0.3, -0.25) is 4.79 Å². The van der Waals surface area contributed by atoms with Crippen LogP contribution < -0.4 is 5.32 Å². The summed E-state index contributed by atoms with van der Waals surface area (Å²) in [6.07, 6.45) is 1.92. The zero-order valence-electron chi connectivity index (χ0n) is 15.0. The molecule has 8 heteroatoms. The van der Waals surface area contributed by atoms with Gasteiger partial charge in [-0.25, -0.2) is 4.68 Å². The molecule has 1 atom stereocenters. The maximum Gasteiger partial charge on any atom is 0.255 e. The normalized spacial score (nSPS) is 12.0. The number of nitrogens with zero attached hydrogens (tertiary/aromatic N) is 2. The largest absolute Gasteiger partial charge is 0.396 e. The lowest BCUT2D eigenvalue weighted by Crippen LogP contribution is -2.29. The standard InChI is InChI=1S/C20H18BrCl2N3O2/c1-12-16(11-24-26(12)15-5-6-17(22)18(23)10-15)20(28)25-19(7-8-27)13-3-2-4-14(21)9-13/h2-6,9-11,19,27H,7-8H2,1H3,(H,25,28)/t19-/m0/s1. The van der Waals surface area contributed by atoms with Gasteiger partial charge in [-0.05, 0) is 49.2 Å². The number of carbonyl (C=O) groups is 1. The molecule has 1 heterocycles. The summed E-state index contributed by atoms with van der Waals surface area (Å²) in [5.41, 5.74) is 2.74. The Labute approximate surface area is 181 Å². The van der Waals surface area contributed by atoms with Crippen LogP contribution >= 0.6 is 39.1 Å². The second kappa shape index (κ2) is 9.09. The van der Waals surface area contributed by atoms with Crippen molar-refractivity contribution in [3.8, 4) is 5.69 Å². The van der Waals surface area contributed by atoms with Gasteiger partial charge in [0.05, 0.1) is 39.2 Å². The van der Waals surface area contributed by atoms with Crippen molar-refractivity contribution in [2.45, 2.75) is 19.4 Å². The van der Waals surface area contributed by atoms with Gasteiger partial charge in [0.25, 0.3) is 5.91 Å². The van der Waals surface area contributed by atoms with Crippen LogP contribution in [0.4, 0.5) is 0 Å². The number of nitrogens with one attached hydrogen (secondary N) is 1. The monoisotopic (exact) mass is 481 g/mol. The Bertz CT molecular complexity index is 1010. The zero-order valence-corrected chi connectivity index (χ0v) is 18.1. The number of hydrogen-bond acceptors (Lipinski definition) is 3. The van der Waals surface area contributed by atoms with Gasteiger partial charge in [0.1, 0.15) is 0 Å². The van der Waals surface area contributed by atoms with E-state index in [-0.39, 0.29) is 18.6 Å². The van der Waals surface area contributed by atoms with E-state index in [9.17, 15) is 9.90 Å². The molecule has 0 saturated carbocycles. The van der Waals surface area contributed by atoms with E-state index in [4.69, 9.17) is 23.2 Å². The number of benzene rings is 2. The van der Waals surface area contributed by atoms with E-state index in [1.165, 1.54) is 6.20 Å². The lowest BCUT2D eigenvalue weighted by Gasteiger charge is -2.18. The number of rotatable bonds is 6. The predicted octanol–water partition coefficient (Wildman–Crippen LogP) is 5.10. The third-order valence-electron chi connectivity index (χ3n) is 4.38. The van der Waals surface area contributed by atoms with E-state index >= 15 is 0 Å². The number of aliphatic hydroxyl groups is 1. The van der Waals surface area contributed by atoms with Crippen molar-refractivity contribution in [3.05, 3.63) is 80.0 Å². The third kappa shape index (κ3) is 4.58. The molecule has 2 N–H and O–H groups in total. The summed E-state index contributed by atoms with van der Waals surface area (Å²) >= 11 is 15.5. The van der Waals surface area contributed by atoms with Crippen molar-refractivity contribution >= 4 is 45.0 Å². The Morgan fingerprint density at radius 1 is 1.25 bits per heavy atom. The Morgan fingerprint density at radius 2 is 2.04 bits per heavy atom. The van der Waals surface area contributed by atoms with Crippen LogP contribution in [0.2, 0.25) is 10.0 Å². The van der Waals surface area contributed by atoms with Crippen LogP contribution in [0.25, 0.3) is 5.69 Å². The second-order valence-electron chi connectivity index (χ2n) is 6.25. The molecular formula is C20H18BrCl2N3O2. The number of amides is 1. The molecule has 1 amide bonds. The van der Waals surface area contributed by atoms with Crippen molar-refractivity contribution in [1.29, 1.82) is 0 Å². The Hall–Kier alpha value is -1.86. The quantitative estimate of drug-likeness (QED) is 0.513. The van der Waals surface area contributed by atoms with Crippen LogP contribution in [0.15, 0.2) is 53.1 Å². The molecule has 0 spiro atoms. The summed E-state index contributed by atoms with van der Waals surface area (Å²) < 4.78 is 2.54. The predicted molar refractivity (Wildman–Crippen MR) is 114 cm³/mol. The fraction of sp³-hybridized carbons (Fsp3) is 0.200. The highest BCUT2D eigenvalue weighted by atomic mass is 79.9. The van der Waals surface area contributed by atoms with Crippen molar-refractivity contribution in [2.24, 2.45) is 0 Å². The molecule has 5 nitrogen and oxygen atoms in total. The number of aliphatic hydroxyl groups excluding tert-OH is 1. The molecule has 0 aliphatic rings. The molecule has 3 rings (SSSR count).